The Kier molecular flexibility index (Phi) is 11.7. The van der Waals surface area contributed by atoms with Crippen LogP contribution in [0, 0.1) is 13.8 Å². The second-order valence-electron chi connectivity index (χ2n) is 10.3. The quantitative estimate of drug-likeness (QED) is 0.225. The van der Waals surface area contributed by atoms with Crippen molar-refractivity contribution in [1.29, 1.82) is 0 Å². The first-order chi connectivity index (χ1) is 19.8. The molecule has 7 nitrogen and oxygen atoms in total. The first-order valence-corrected chi connectivity index (χ1v) is 16.2. The number of amides is 2. The zero-order chi connectivity index (χ0) is 31.2. The van der Waals surface area contributed by atoms with Gasteiger partial charge in [0.05, 0.1) is 20.6 Å². The van der Waals surface area contributed by atoms with Crippen LogP contribution < -0.4 is 9.62 Å². The summed E-state index contributed by atoms with van der Waals surface area (Å²) in [6, 6.07) is 15.2. The molecule has 3 aromatic carbocycles. The van der Waals surface area contributed by atoms with Gasteiger partial charge >= 0.3 is 0 Å². The molecule has 0 saturated carbocycles. The minimum atomic E-state index is -4.19. The Labute approximate surface area is 263 Å². The number of carbonyl (C=O) groups excluding carboxylic acids is 2. The minimum absolute atomic E-state index is 0.0141. The number of hydrogen-bond acceptors (Lipinski definition) is 4. The smallest absolute Gasteiger partial charge is 0.264 e. The van der Waals surface area contributed by atoms with E-state index >= 15 is 0 Å². The van der Waals surface area contributed by atoms with E-state index in [1.165, 1.54) is 17.0 Å². The number of benzene rings is 3. The van der Waals surface area contributed by atoms with Gasteiger partial charge in [0.25, 0.3) is 10.0 Å². The van der Waals surface area contributed by atoms with Gasteiger partial charge in [-0.15, -0.1) is 0 Å². The Morgan fingerprint density at radius 1 is 0.881 bits per heavy atom. The molecule has 226 valence electrons. The van der Waals surface area contributed by atoms with Gasteiger partial charge in [-0.05, 0) is 87.2 Å². The van der Waals surface area contributed by atoms with Crippen LogP contribution in [0.25, 0.3) is 0 Å². The van der Waals surface area contributed by atoms with E-state index < -0.39 is 28.5 Å². The molecule has 0 aliphatic carbocycles. The van der Waals surface area contributed by atoms with Gasteiger partial charge in [-0.2, -0.15) is 0 Å². The summed E-state index contributed by atoms with van der Waals surface area (Å²) < 4.78 is 29.2. The zero-order valence-corrected chi connectivity index (χ0v) is 27.4. The number of hydrogen-bond donors (Lipinski definition) is 1. The summed E-state index contributed by atoms with van der Waals surface area (Å²) in [5.41, 5.74) is 2.41. The molecule has 0 spiro atoms. The van der Waals surface area contributed by atoms with E-state index in [-0.39, 0.29) is 23.4 Å². The summed E-state index contributed by atoms with van der Waals surface area (Å²) in [6.45, 7) is 8.69. The van der Waals surface area contributed by atoms with Gasteiger partial charge in [0.1, 0.15) is 12.6 Å². The lowest BCUT2D eigenvalue weighted by atomic mass is 10.1. The maximum Gasteiger partial charge on any atom is 0.264 e. The Bertz CT molecular complexity index is 1530. The van der Waals surface area contributed by atoms with Crippen LogP contribution in [0.15, 0.2) is 65.6 Å². The molecular weight excluding hydrogens is 617 g/mol. The fraction of sp³-hybridized carbons (Fsp3) is 0.355. The van der Waals surface area contributed by atoms with E-state index in [0.29, 0.717) is 44.7 Å². The van der Waals surface area contributed by atoms with Gasteiger partial charge in [-0.3, -0.25) is 13.9 Å². The standard InChI is InChI=1S/C31H36Cl3N3O4S/c1-6-22(5)35-31(39)28(7-2)36(18-23-10-14-26(33)27(34)17-23)30(38)19-37(29-15-11-24(32)16-21(29)4)42(40,41)25-12-8-20(3)9-13-25/h8-17,22,28H,6-7,18-19H2,1-5H3,(H,35,39)/t22-,28-/m1/s1. The van der Waals surface area contributed by atoms with Crippen LogP contribution in [-0.4, -0.2) is 43.8 Å². The largest absolute Gasteiger partial charge is 0.352 e. The van der Waals surface area contributed by atoms with Crippen LogP contribution in [0.5, 0.6) is 0 Å². The topological polar surface area (TPSA) is 86.8 Å². The summed E-state index contributed by atoms with van der Waals surface area (Å²) in [5, 5.41) is 4.05. The number of nitrogens with zero attached hydrogens (tertiary/aromatic N) is 2. The summed E-state index contributed by atoms with van der Waals surface area (Å²) in [5.74, 6) is -0.881. The number of rotatable bonds is 12. The van der Waals surface area contributed by atoms with Crippen molar-refractivity contribution in [3.05, 3.63) is 92.4 Å². The molecular formula is C31H36Cl3N3O4S. The van der Waals surface area contributed by atoms with Gasteiger partial charge in [0.15, 0.2) is 0 Å². The predicted molar refractivity (Wildman–Crippen MR) is 171 cm³/mol. The lowest BCUT2D eigenvalue weighted by Crippen LogP contribution is -2.53. The van der Waals surface area contributed by atoms with Crippen molar-refractivity contribution in [3.8, 4) is 0 Å². The highest BCUT2D eigenvalue weighted by Crippen LogP contribution is 2.30. The normalized spacial score (nSPS) is 12.9. The maximum atomic E-state index is 14.2. The molecule has 2 amide bonds. The number of nitrogens with one attached hydrogen (secondary N) is 1. The molecule has 0 aliphatic heterocycles. The highest BCUT2D eigenvalue weighted by atomic mass is 35.5. The number of halogens is 3. The van der Waals surface area contributed by atoms with Crippen molar-refractivity contribution in [2.45, 2.75) is 71.0 Å². The van der Waals surface area contributed by atoms with Crippen molar-refractivity contribution >= 4 is 62.3 Å². The second kappa shape index (κ2) is 14.6. The summed E-state index contributed by atoms with van der Waals surface area (Å²) >= 11 is 18.6. The Balaban J connectivity index is 2.11. The number of anilines is 1. The van der Waals surface area contributed by atoms with Gasteiger partial charge in [0.2, 0.25) is 11.8 Å². The molecule has 0 saturated heterocycles. The van der Waals surface area contributed by atoms with Gasteiger partial charge < -0.3 is 10.2 Å². The molecule has 3 rings (SSSR count). The van der Waals surface area contributed by atoms with Gasteiger partial charge in [-0.25, -0.2) is 8.42 Å². The van der Waals surface area contributed by atoms with Crippen LogP contribution in [0.3, 0.4) is 0 Å². The Morgan fingerprint density at radius 3 is 2.12 bits per heavy atom. The average Bonchev–Trinajstić information content (AvgIpc) is 2.93. The Morgan fingerprint density at radius 2 is 1.55 bits per heavy atom. The van der Waals surface area contributed by atoms with Gasteiger partial charge in [-0.1, -0.05) is 72.4 Å². The molecule has 0 aliphatic rings. The van der Waals surface area contributed by atoms with Crippen molar-refractivity contribution in [1.82, 2.24) is 10.2 Å². The molecule has 0 fully saturated rings. The van der Waals surface area contributed by atoms with E-state index in [0.717, 1.165) is 9.87 Å². The van der Waals surface area contributed by atoms with Crippen molar-refractivity contribution in [2.75, 3.05) is 10.8 Å². The van der Waals surface area contributed by atoms with E-state index in [9.17, 15) is 18.0 Å². The molecule has 11 heteroatoms. The minimum Gasteiger partial charge on any atom is -0.352 e. The monoisotopic (exact) mass is 651 g/mol. The van der Waals surface area contributed by atoms with Crippen LogP contribution >= 0.6 is 34.8 Å². The molecule has 0 unspecified atom stereocenters. The van der Waals surface area contributed by atoms with Crippen LogP contribution in [-0.2, 0) is 26.2 Å². The molecule has 42 heavy (non-hydrogen) atoms. The highest BCUT2D eigenvalue weighted by molar-refractivity contribution is 7.92. The number of carbonyl (C=O) groups is 2. The molecule has 0 bridgehead atoms. The van der Waals surface area contributed by atoms with Crippen LogP contribution in [0.2, 0.25) is 15.1 Å². The zero-order valence-electron chi connectivity index (χ0n) is 24.3. The SMILES string of the molecule is CC[C@@H](C)NC(=O)[C@@H](CC)N(Cc1ccc(Cl)c(Cl)c1)C(=O)CN(c1ccc(Cl)cc1C)S(=O)(=O)c1ccc(C)cc1. The maximum absolute atomic E-state index is 14.2. The Hall–Kier alpha value is -2.78. The summed E-state index contributed by atoms with van der Waals surface area (Å²) in [6.07, 6.45) is 1.02. The molecule has 1 N–H and O–H groups in total. The average molecular weight is 653 g/mol. The molecule has 0 radical (unpaired) electrons. The van der Waals surface area contributed by atoms with Gasteiger partial charge in [0, 0.05) is 17.6 Å². The van der Waals surface area contributed by atoms with E-state index in [4.69, 9.17) is 34.8 Å². The highest BCUT2D eigenvalue weighted by Gasteiger charge is 2.34. The molecule has 0 aromatic heterocycles. The van der Waals surface area contributed by atoms with E-state index in [1.54, 1.807) is 62.4 Å². The third-order valence-electron chi connectivity index (χ3n) is 7.04. The van der Waals surface area contributed by atoms with E-state index in [2.05, 4.69) is 5.32 Å². The van der Waals surface area contributed by atoms with Crippen LogP contribution in [0.1, 0.15) is 50.3 Å². The fourth-order valence-electron chi connectivity index (χ4n) is 4.44. The lowest BCUT2D eigenvalue weighted by molar-refractivity contribution is -0.140. The summed E-state index contributed by atoms with van der Waals surface area (Å²) in [7, 11) is -4.19. The molecule has 2 atom stereocenters. The number of aryl methyl sites for hydroxylation is 2. The number of sulfonamides is 1. The van der Waals surface area contributed by atoms with Crippen molar-refractivity contribution in [3.63, 3.8) is 0 Å². The van der Waals surface area contributed by atoms with Crippen LogP contribution in [0.4, 0.5) is 5.69 Å². The fourth-order valence-corrected chi connectivity index (χ4v) is 6.47. The molecule has 0 heterocycles. The lowest BCUT2D eigenvalue weighted by Gasteiger charge is -2.34. The predicted octanol–water partition coefficient (Wildman–Crippen LogP) is 7.18. The second-order valence-corrected chi connectivity index (χ2v) is 13.4. The van der Waals surface area contributed by atoms with Crippen molar-refractivity contribution < 1.29 is 18.0 Å². The summed E-state index contributed by atoms with van der Waals surface area (Å²) in [4.78, 5) is 29.0. The van der Waals surface area contributed by atoms with Crippen molar-refractivity contribution in [2.24, 2.45) is 0 Å². The third-order valence-corrected chi connectivity index (χ3v) is 9.79. The first kappa shape index (κ1) is 33.7. The molecule has 3 aromatic rings. The van der Waals surface area contributed by atoms with E-state index in [1.807, 2.05) is 20.8 Å². The third kappa shape index (κ3) is 8.19. The first-order valence-electron chi connectivity index (χ1n) is 13.7.